The first-order valence-corrected chi connectivity index (χ1v) is 6.58. The lowest BCUT2D eigenvalue weighted by molar-refractivity contribution is -0.131. The molecule has 2 rings (SSSR count). The van der Waals surface area contributed by atoms with Crippen LogP contribution in [-0.4, -0.2) is 22.8 Å². The summed E-state index contributed by atoms with van der Waals surface area (Å²) in [6.45, 7) is 2.40. The van der Waals surface area contributed by atoms with Crippen molar-refractivity contribution in [1.29, 1.82) is 0 Å². The summed E-state index contributed by atoms with van der Waals surface area (Å²) >= 11 is 0. The van der Waals surface area contributed by atoms with E-state index in [4.69, 9.17) is 5.73 Å². The first-order valence-electron chi connectivity index (χ1n) is 6.58. The van der Waals surface area contributed by atoms with E-state index in [1.165, 1.54) is 0 Å². The van der Waals surface area contributed by atoms with Gasteiger partial charge in [-0.25, -0.2) is 0 Å². The predicted octanol–water partition coefficient (Wildman–Crippen LogP) is 2.43. The normalized spacial score (nSPS) is 11.9. The highest BCUT2D eigenvalue weighted by molar-refractivity contribution is 5.83. The number of aromatic nitrogens is 1. The second-order valence-electron chi connectivity index (χ2n) is 4.91. The van der Waals surface area contributed by atoms with Crippen LogP contribution in [0.2, 0.25) is 0 Å². The number of amides is 1. The van der Waals surface area contributed by atoms with Crippen LogP contribution in [0.15, 0.2) is 48.7 Å². The Bertz CT molecular complexity index is 583. The summed E-state index contributed by atoms with van der Waals surface area (Å²) in [5, 5.41) is 0. The quantitative estimate of drug-likeness (QED) is 0.867. The number of carbonyl (C=O) groups is 1. The van der Waals surface area contributed by atoms with Crippen molar-refractivity contribution in [3.05, 3.63) is 59.9 Å². The second kappa shape index (κ2) is 6.19. The summed E-state index contributed by atoms with van der Waals surface area (Å²) in [7, 11) is 1.79. The molecule has 2 aromatic rings. The average molecular weight is 269 g/mol. The zero-order valence-corrected chi connectivity index (χ0v) is 11.8. The fraction of sp³-hybridized carbons (Fsp3) is 0.250. The van der Waals surface area contributed by atoms with Crippen LogP contribution in [0.4, 0.5) is 5.69 Å². The molecule has 0 spiro atoms. The number of likely N-dealkylation sites (N-methyl/N-ethyl adjacent to an activating group) is 1. The number of carbonyl (C=O) groups excluding carboxylic acids is 1. The zero-order valence-electron chi connectivity index (χ0n) is 11.8. The molecule has 1 heterocycles. The van der Waals surface area contributed by atoms with Crippen LogP contribution < -0.4 is 5.73 Å². The maximum atomic E-state index is 12.4. The highest BCUT2D eigenvalue weighted by Crippen LogP contribution is 2.20. The molecule has 0 aliphatic carbocycles. The molecule has 2 N–H and O–H groups in total. The molecule has 4 nitrogen and oxygen atoms in total. The van der Waals surface area contributed by atoms with Crippen LogP contribution in [0, 0.1) is 0 Å². The van der Waals surface area contributed by atoms with Gasteiger partial charge < -0.3 is 10.6 Å². The van der Waals surface area contributed by atoms with Gasteiger partial charge in [0.15, 0.2) is 0 Å². The summed E-state index contributed by atoms with van der Waals surface area (Å²) in [5.74, 6) is -0.159. The Hall–Kier alpha value is -2.36. The highest BCUT2D eigenvalue weighted by Gasteiger charge is 2.19. The van der Waals surface area contributed by atoms with Crippen molar-refractivity contribution in [3.8, 4) is 0 Å². The van der Waals surface area contributed by atoms with Crippen LogP contribution in [0.1, 0.15) is 24.1 Å². The Labute approximate surface area is 119 Å². The summed E-state index contributed by atoms with van der Waals surface area (Å²) in [6.07, 6.45) is 1.73. The zero-order chi connectivity index (χ0) is 14.5. The summed E-state index contributed by atoms with van der Waals surface area (Å²) in [5.41, 5.74) is 8.25. The van der Waals surface area contributed by atoms with Crippen LogP contribution in [0.5, 0.6) is 0 Å². The van der Waals surface area contributed by atoms with E-state index >= 15 is 0 Å². The lowest BCUT2D eigenvalue weighted by Crippen LogP contribution is -2.30. The number of nitrogens with two attached hydrogens (primary N) is 1. The molecule has 0 aliphatic rings. The molecule has 1 aromatic carbocycles. The molecular weight excluding hydrogens is 250 g/mol. The molecular formula is C16H19N3O. The average Bonchev–Trinajstić information content (AvgIpc) is 2.46. The maximum Gasteiger partial charge on any atom is 0.229 e. The summed E-state index contributed by atoms with van der Waals surface area (Å²) in [4.78, 5) is 18.3. The third-order valence-corrected chi connectivity index (χ3v) is 3.28. The number of rotatable bonds is 4. The molecule has 0 saturated heterocycles. The van der Waals surface area contributed by atoms with Crippen molar-refractivity contribution in [1.82, 2.24) is 9.88 Å². The van der Waals surface area contributed by atoms with Gasteiger partial charge in [0.25, 0.3) is 0 Å². The Morgan fingerprint density at radius 2 is 2.10 bits per heavy atom. The Morgan fingerprint density at radius 3 is 2.75 bits per heavy atom. The predicted molar refractivity (Wildman–Crippen MR) is 80.0 cm³/mol. The van der Waals surface area contributed by atoms with Crippen LogP contribution >= 0.6 is 0 Å². The van der Waals surface area contributed by atoms with E-state index in [2.05, 4.69) is 4.98 Å². The standard InChI is InChI=1S/C16H19N3O/c1-12(13-6-5-7-14(17)10-13)16(20)19(2)11-15-8-3-4-9-18-15/h3-10,12H,11,17H2,1-2H3. The van der Waals surface area contributed by atoms with Gasteiger partial charge >= 0.3 is 0 Å². The molecule has 0 aliphatic heterocycles. The van der Waals surface area contributed by atoms with E-state index in [9.17, 15) is 4.79 Å². The van der Waals surface area contributed by atoms with Crippen molar-refractivity contribution in [2.75, 3.05) is 12.8 Å². The van der Waals surface area contributed by atoms with Gasteiger partial charge in [-0.2, -0.15) is 0 Å². The number of pyridine rings is 1. The molecule has 0 radical (unpaired) electrons. The number of anilines is 1. The van der Waals surface area contributed by atoms with Gasteiger partial charge in [-0.1, -0.05) is 18.2 Å². The molecule has 0 saturated carbocycles. The molecule has 1 unspecified atom stereocenters. The lowest BCUT2D eigenvalue weighted by atomic mass is 9.99. The second-order valence-corrected chi connectivity index (χ2v) is 4.91. The van der Waals surface area contributed by atoms with Gasteiger partial charge in [-0.15, -0.1) is 0 Å². The Morgan fingerprint density at radius 1 is 1.30 bits per heavy atom. The van der Waals surface area contributed by atoms with Crippen molar-refractivity contribution >= 4 is 11.6 Å². The number of hydrogen-bond donors (Lipinski definition) is 1. The lowest BCUT2D eigenvalue weighted by Gasteiger charge is -2.21. The fourth-order valence-electron chi connectivity index (χ4n) is 2.11. The fourth-order valence-corrected chi connectivity index (χ4v) is 2.11. The van der Waals surface area contributed by atoms with E-state index in [0.29, 0.717) is 12.2 Å². The number of benzene rings is 1. The molecule has 0 fully saturated rings. The third-order valence-electron chi connectivity index (χ3n) is 3.28. The number of hydrogen-bond acceptors (Lipinski definition) is 3. The van der Waals surface area contributed by atoms with E-state index in [1.807, 2.05) is 49.4 Å². The molecule has 1 amide bonds. The topological polar surface area (TPSA) is 59.2 Å². The van der Waals surface area contributed by atoms with Gasteiger partial charge in [0.2, 0.25) is 5.91 Å². The summed E-state index contributed by atoms with van der Waals surface area (Å²) in [6, 6.07) is 13.1. The monoisotopic (exact) mass is 269 g/mol. The van der Waals surface area contributed by atoms with Crippen molar-refractivity contribution in [3.63, 3.8) is 0 Å². The summed E-state index contributed by atoms with van der Waals surface area (Å²) < 4.78 is 0. The number of nitrogens with zero attached hydrogens (tertiary/aromatic N) is 2. The largest absolute Gasteiger partial charge is 0.399 e. The highest BCUT2D eigenvalue weighted by atomic mass is 16.2. The van der Waals surface area contributed by atoms with E-state index in [-0.39, 0.29) is 11.8 Å². The molecule has 1 aromatic heterocycles. The third kappa shape index (κ3) is 3.35. The number of nitrogen functional groups attached to an aromatic ring is 1. The molecule has 104 valence electrons. The van der Waals surface area contributed by atoms with Crippen molar-refractivity contribution < 1.29 is 4.79 Å². The van der Waals surface area contributed by atoms with Crippen LogP contribution in [-0.2, 0) is 11.3 Å². The van der Waals surface area contributed by atoms with Crippen molar-refractivity contribution in [2.45, 2.75) is 19.4 Å². The van der Waals surface area contributed by atoms with Gasteiger partial charge in [0, 0.05) is 18.9 Å². The molecule has 4 heteroatoms. The SMILES string of the molecule is CC(C(=O)N(C)Cc1ccccn1)c1cccc(N)c1. The van der Waals surface area contributed by atoms with E-state index in [1.54, 1.807) is 18.1 Å². The smallest absolute Gasteiger partial charge is 0.229 e. The molecule has 0 bridgehead atoms. The van der Waals surface area contributed by atoms with Gasteiger partial charge in [0.05, 0.1) is 18.2 Å². The van der Waals surface area contributed by atoms with Crippen molar-refractivity contribution in [2.24, 2.45) is 0 Å². The first-order chi connectivity index (χ1) is 9.58. The van der Waals surface area contributed by atoms with Crippen LogP contribution in [0.25, 0.3) is 0 Å². The Kier molecular flexibility index (Phi) is 4.35. The van der Waals surface area contributed by atoms with Gasteiger partial charge in [-0.05, 0) is 36.8 Å². The van der Waals surface area contributed by atoms with Gasteiger partial charge in [0.1, 0.15) is 0 Å². The van der Waals surface area contributed by atoms with Crippen LogP contribution in [0.3, 0.4) is 0 Å². The van der Waals surface area contributed by atoms with E-state index < -0.39 is 0 Å². The Balaban J connectivity index is 2.06. The minimum Gasteiger partial charge on any atom is -0.399 e. The first kappa shape index (κ1) is 14.1. The minimum atomic E-state index is -0.216. The molecule has 20 heavy (non-hydrogen) atoms. The van der Waals surface area contributed by atoms with Gasteiger partial charge in [-0.3, -0.25) is 9.78 Å². The minimum absolute atomic E-state index is 0.0567. The maximum absolute atomic E-state index is 12.4. The molecule has 1 atom stereocenters. The van der Waals surface area contributed by atoms with E-state index in [0.717, 1.165) is 11.3 Å².